The van der Waals surface area contributed by atoms with Crippen molar-refractivity contribution in [1.29, 1.82) is 0 Å². The number of ether oxygens (including phenoxy) is 2. The Balaban J connectivity index is 1.78. The van der Waals surface area contributed by atoms with Crippen molar-refractivity contribution in [2.75, 3.05) is 11.5 Å². The molecule has 230 valence electrons. The zero-order valence-corrected chi connectivity index (χ0v) is 26.1. The summed E-state index contributed by atoms with van der Waals surface area (Å²) in [5, 5.41) is 11.6. The van der Waals surface area contributed by atoms with E-state index in [4.69, 9.17) is 9.47 Å². The number of carbonyl (C=O) groups excluding carboxylic acids is 1. The van der Waals surface area contributed by atoms with Crippen molar-refractivity contribution in [3.05, 3.63) is 93.0 Å². The molecule has 1 amide bonds. The van der Waals surface area contributed by atoms with Crippen molar-refractivity contribution >= 4 is 39.7 Å². The average Bonchev–Trinajstić information content (AvgIpc) is 2.91. The van der Waals surface area contributed by atoms with Crippen molar-refractivity contribution in [1.82, 2.24) is 0 Å². The number of aryl methyl sites for hydroxylation is 1. The Labute approximate surface area is 252 Å². The number of nitro benzene ring substituents is 1. The highest BCUT2D eigenvalue weighted by Gasteiger charge is 2.26. The van der Waals surface area contributed by atoms with Crippen LogP contribution in [0.25, 0.3) is 12.2 Å². The molecule has 10 nitrogen and oxygen atoms in total. The molecule has 3 rings (SSSR count). The summed E-state index contributed by atoms with van der Waals surface area (Å²) in [5.41, 5.74) is 2.49. The molecule has 0 bridgehead atoms. The molecule has 0 saturated carbocycles. The van der Waals surface area contributed by atoms with E-state index in [1.807, 2.05) is 65.0 Å². The minimum absolute atomic E-state index is 0.0325. The summed E-state index contributed by atoms with van der Waals surface area (Å²) in [7, 11) is -4.43. The van der Waals surface area contributed by atoms with Gasteiger partial charge in [0.25, 0.3) is 10.1 Å². The summed E-state index contributed by atoms with van der Waals surface area (Å²) in [6, 6.07) is 16.3. The van der Waals surface area contributed by atoms with Gasteiger partial charge in [0.15, 0.2) is 5.75 Å². The van der Waals surface area contributed by atoms with Gasteiger partial charge in [0.1, 0.15) is 5.60 Å². The Morgan fingerprint density at radius 1 is 1.05 bits per heavy atom. The predicted octanol–water partition coefficient (Wildman–Crippen LogP) is 7.48. The van der Waals surface area contributed by atoms with Gasteiger partial charge in [-0.25, -0.2) is 4.79 Å². The number of hydrogen-bond donors (Lipinski definition) is 1. The van der Waals surface area contributed by atoms with E-state index < -0.39 is 26.7 Å². The Kier molecular flexibility index (Phi) is 10.7. The Morgan fingerprint density at radius 2 is 1.67 bits per heavy atom. The van der Waals surface area contributed by atoms with Gasteiger partial charge >= 0.3 is 11.8 Å². The highest BCUT2D eigenvalue weighted by molar-refractivity contribution is 7.85. The second kappa shape index (κ2) is 13.8. The highest BCUT2D eigenvalue weighted by atomic mass is 32.2. The molecule has 0 saturated heterocycles. The molecule has 1 unspecified atom stereocenters. The molecule has 0 aliphatic heterocycles. The van der Waals surface area contributed by atoms with Gasteiger partial charge in [-0.05, 0) is 88.1 Å². The minimum Gasteiger partial charge on any atom is -0.486 e. The molecule has 0 aliphatic carbocycles. The molecule has 0 aromatic heterocycles. The quantitative estimate of drug-likeness (QED) is 0.102. The van der Waals surface area contributed by atoms with E-state index in [0.29, 0.717) is 16.8 Å². The van der Waals surface area contributed by atoms with Gasteiger partial charge < -0.3 is 9.47 Å². The molecular formula is C32H38N2O8S. The molecule has 0 fully saturated rings. The number of nitro groups is 1. The summed E-state index contributed by atoms with van der Waals surface area (Å²) in [4.78, 5) is 25.4. The first-order chi connectivity index (χ1) is 20.1. The van der Waals surface area contributed by atoms with Crippen molar-refractivity contribution in [2.24, 2.45) is 0 Å². The van der Waals surface area contributed by atoms with Crippen LogP contribution in [0.15, 0.2) is 65.6 Å². The summed E-state index contributed by atoms with van der Waals surface area (Å²) >= 11 is 0. The second-order valence-electron chi connectivity index (χ2n) is 11.2. The van der Waals surface area contributed by atoms with Gasteiger partial charge in [-0.15, -0.1) is 0 Å². The minimum atomic E-state index is -4.43. The maximum absolute atomic E-state index is 12.9. The van der Waals surface area contributed by atoms with Crippen molar-refractivity contribution in [3.8, 4) is 5.75 Å². The third kappa shape index (κ3) is 9.39. The number of nitrogens with zero attached hydrogens (tertiary/aromatic N) is 2. The zero-order valence-electron chi connectivity index (χ0n) is 25.2. The Bertz CT molecular complexity index is 1590. The first kappa shape index (κ1) is 33.3. The molecule has 0 radical (unpaired) electrons. The van der Waals surface area contributed by atoms with E-state index in [1.165, 1.54) is 18.2 Å². The molecule has 0 aliphatic rings. The van der Waals surface area contributed by atoms with Crippen LogP contribution >= 0.6 is 0 Å². The van der Waals surface area contributed by atoms with Gasteiger partial charge in [-0.3, -0.25) is 19.6 Å². The first-order valence-electron chi connectivity index (χ1n) is 13.9. The van der Waals surface area contributed by atoms with Crippen LogP contribution in [0.3, 0.4) is 0 Å². The maximum Gasteiger partial charge on any atom is 0.415 e. The largest absolute Gasteiger partial charge is 0.486 e. The van der Waals surface area contributed by atoms with Gasteiger partial charge in [-0.1, -0.05) is 48.9 Å². The smallest absolute Gasteiger partial charge is 0.415 e. The third-order valence-corrected chi connectivity index (χ3v) is 7.52. The van der Waals surface area contributed by atoms with Crippen LogP contribution in [0.1, 0.15) is 63.3 Å². The third-order valence-electron chi connectivity index (χ3n) is 6.56. The molecule has 1 atom stereocenters. The monoisotopic (exact) mass is 610 g/mol. The lowest BCUT2D eigenvalue weighted by Crippen LogP contribution is -2.42. The summed E-state index contributed by atoms with van der Waals surface area (Å²) in [5.74, 6) is 0.0325. The van der Waals surface area contributed by atoms with E-state index in [2.05, 4.69) is 0 Å². The van der Waals surface area contributed by atoms with Crippen LogP contribution in [0.4, 0.5) is 16.2 Å². The van der Waals surface area contributed by atoms with Crippen molar-refractivity contribution < 1.29 is 32.2 Å². The number of rotatable bonds is 11. The Morgan fingerprint density at radius 3 is 2.26 bits per heavy atom. The molecule has 43 heavy (non-hydrogen) atoms. The van der Waals surface area contributed by atoms with E-state index in [-0.39, 0.29) is 35.4 Å². The number of anilines is 1. The fourth-order valence-electron chi connectivity index (χ4n) is 4.30. The van der Waals surface area contributed by atoms with E-state index in [9.17, 15) is 27.9 Å². The average molecular weight is 611 g/mol. The summed E-state index contributed by atoms with van der Waals surface area (Å²) in [6.07, 6.45) is 4.05. The zero-order chi connectivity index (χ0) is 31.9. The van der Waals surface area contributed by atoms with E-state index in [1.54, 1.807) is 36.1 Å². The molecule has 3 aromatic rings. The normalized spacial score (nSPS) is 12.6. The Hall–Kier alpha value is -4.22. The van der Waals surface area contributed by atoms with Crippen LogP contribution in [0, 0.1) is 17.0 Å². The van der Waals surface area contributed by atoms with Crippen LogP contribution in [0.2, 0.25) is 0 Å². The van der Waals surface area contributed by atoms with Crippen LogP contribution < -0.4 is 9.64 Å². The van der Waals surface area contributed by atoms with Crippen LogP contribution in [-0.2, 0) is 21.3 Å². The predicted molar refractivity (Wildman–Crippen MR) is 167 cm³/mol. The second-order valence-corrected chi connectivity index (χ2v) is 12.6. The van der Waals surface area contributed by atoms with Crippen LogP contribution in [-0.4, -0.2) is 42.2 Å². The number of carbonyl (C=O) groups is 1. The fourth-order valence-corrected chi connectivity index (χ4v) is 5.03. The standard InChI is InChI=1S/C32H38N2O8S/c1-7-23(3)33(31(35)42-32(4,5)6)27-14-11-24(12-15-27)9-10-25-13-16-28(34(36)37)29(21-25)41-19-18-26-20-22(2)8-17-30(26)43(38,39)40/h8-17,20-21,23H,7,18-19H2,1-6H3,(H,38,39,40). The van der Waals surface area contributed by atoms with Crippen LogP contribution in [0.5, 0.6) is 5.75 Å². The summed E-state index contributed by atoms with van der Waals surface area (Å²) in [6.45, 7) is 11.2. The molecule has 11 heteroatoms. The number of amides is 1. The van der Waals surface area contributed by atoms with Gasteiger partial charge in [-0.2, -0.15) is 8.42 Å². The molecule has 3 aromatic carbocycles. The first-order valence-corrected chi connectivity index (χ1v) is 15.3. The van der Waals surface area contributed by atoms with Gasteiger partial charge in [0.05, 0.1) is 16.4 Å². The fraction of sp³-hybridized carbons (Fsp3) is 0.344. The van der Waals surface area contributed by atoms with Gasteiger partial charge in [0.2, 0.25) is 0 Å². The lowest BCUT2D eigenvalue weighted by atomic mass is 10.1. The molecule has 0 heterocycles. The van der Waals surface area contributed by atoms with Crippen molar-refractivity contribution in [2.45, 2.75) is 70.9 Å². The lowest BCUT2D eigenvalue weighted by molar-refractivity contribution is -0.385. The molecular weight excluding hydrogens is 572 g/mol. The summed E-state index contributed by atoms with van der Waals surface area (Å²) < 4.78 is 44.4. The molecule has 1 N–H and O–H groups in total. The lowest BCUT2D eigenvalue weighted by Gasteiger charge is -2.31. The number of hydrogen-bond acceptors (Lipinski definition) is 7. The van der Waals surface area contributed by atoms with Gasteiger partial charge in [0, 0.05) is 24.2 Å². The SMILES string of the molecule is CCC(C)N(C(=O)OC(C)(C)C)c1ccc(C=Cc2ccc([N+](=O)[O-])c(OCCc3cc(C)ccc3S(=O)(=O)O)c2)cc1. The topological polar surface area (TPSA) is 136 Å². The van der Waals surface area contributed by atoms with Crippen molar-refractivity contribution in [3.63, 3.8) is 0 Å². The van der Waals surface area contributed by atoms with E-state index >= 15 is 0 Å². The highest BCUT2D eigenvalue weighted by Crippen LogP contribution is 2.30. The van der Waals surface area contributed by atoms with E-state index in [0.717, 1.165) is 17.5 Å². The number of benzene rings is 3. The maximum atomic E-state index is 12.9. The molecule has 0 spiro atoms.